The van der Waals surface area contributed by atoms with Crippen molar-refractivity contribution in [3.05, 3.63) is 69.3 Å². The number of allylic oxidation sites excluding steroid dienone is 2. The van der Waals surface area contributed by atoms with Gasteiger partial charge in [-0.15, -0.1) is 0 Å². The van der Waals surface area contributed by atoms with Gasteiger partial charge in [0.2, 0.25) is 5.91 Å². The predicted octanol–water partition coefficient (Wildman–Crippen LogP) is 5.53. The number of Topliss-reactive ketones (excluding diaryl/α,β-unsaturated/α-hetero) is 1. The zero-order valence-corrected chi connectivity index (χ0v) is 16.9. The summed E-state index contributed by atoms with van der Waals surface area (Å²) in [6.45, 7) is 0. The molecule has 2 aliphatic rings. The summed E-state index contributed by atoms with van der Waals surface area (Å²) in [4.78, 5) is 27.8. The van der Waals surface area contributed by atoms with Crippen LogP contribution in [0.1, 0.15) is 37.2 Å². The molecule has 1 atom stereocenters. The number of methoxy groups -OCH3 is 1. The lowest BCUT2D eigenvalue weighted by Crippen LogP contribution is -2.40. The van der Waals surface area contributed by atoms with E-state index in [-0.39, 0.29) is 24.0 Å². The molecule has 4 rings (SSSR count). The summed E-state index contributed by atoms with van der Waals surface area (Å²) < 4.78 is 5.30. The Morgan fingerprint density at radius 1 is 1.07 bits per heavy atom. The Morgan fingerprint density at radius 2 is 1.89 bits per heavy atom. The topological polar surface area (TPSA) is 46.6 Å². The first-order chi connectivity index (χ1) is 13.5. The molecular weight excluding hydrogens is 397 g/mol. The molecule has 0 saturated carbocycles. The Kier molecular flexibility index (Phi) is 5.17. The molecular formula is C22H19Cl2NO3. The van der Waals surface area contributed by atoms with Crippen LogP contribution in [0.5, 0.6) is 5.75 Å². The fourth-order valence-electron chi connectivity index (χ4n) is 4.09. The fraction of sp³-hybridized carbons (Fsp3) is 0.273. The summed E-state index contributed by atoms with van der Waals surface area (Å²) in [6.07, 6.45) is 2.07. The molecule has 6 heteroatoms. The summed E-state index contributed by atoms with van der Waals surface area (Å²) >= 11 is 12.5. The smallest absolute Gasteiger partial charge is 0.232 e. The monoisotopic (exact) mass is 415 g/mol. The predicted molar refractivity (Wildman–Crippen MR) is 110 cm³/mol. The van der Waals surface area contributed by atoms with Crippen LogP contribution in [0.25, 0.3) is 0 Å². The molecule has 0 spiro atoms. The molecule has 0 saturated heterocycles. The summed E-state index contributed by atoms with van der Waals surface area (Å²) in [5.74, 6) is 0.342. The van der Waals surface area contributed by atoms with Gasteiger partial charge in [-0.25, -0.2) is 0 Å². The Labute approximate surface area is 173 Å². The van der Waals surface area contributed by atoms with Gasteiger partial charge in [0.05, 0.1) is 12.8 Å². The zero-order chi connectivity index (χ0) is 19.8. The van der Waals surface area contributed by atoms with Crippen molar-refractivity contribution in [2.75, 3.05) is 12.0 Å². The quantitative estimate of drug-likeness (QED) is 0.661. The van der Waals surface area contributed by atoms with Crippen molar-refractivity contribution in [1.29, 1.82) is 0 Å². The molecule has 2 aromatic rings. The molecule has 0 N–H and O–H groups in total. The average Bonchev–Trinajstić information content (AvgIpc) is 2.67. The molecule has 4 nitrogen and oxygen atoms in total. The number of anilines is 1. The number of nitrogens with zero attached hydrogens (tertiary/aromatic N) is 1. The Morgan fingerprint density at radius 3 is 2.64 bits per heavy atom. The molecule has 1 amide bonds. The minimum Gasteiger partial charge on any atom is -0.497 e. The number of rotatable bonds is 3. The number of carbonyl (C=O) groups excluding carboxylic acids is 2. The maximum absolute atomic E-state index is 13.2. The van der Waals surface area contributed by atoms with Gasteiger partial charge in [0.15, 0.2) is 5.78 Å². The van der Waals surface area contributed by atoms with Crippen LogP contribution in [-0.4, -0.2) is 18.8 Å². The first-order valence-corrected chi connectivity index (χ1v) is 9.93. The van der Waals surface area contributed by atoms with Crippen LogP contribution in [-0.2, 0) is 9.59 Å². The van der Waals surface area contributed by atoms with Gasteiger partial charge in [0.25, 0.3) is 0 Å². The van der Waals surface area contributed by atoms with E-state index in [1.54, 1.807) is 24.1 Å². The van der Waals surface area contributed by atoms with E-state index in [0.717, 1.165) is 17.7 Å². The van der Waals surface area contributed by atoms with Crippen LogP contribution in [0.15, 0.2) is 53.7 Å². The molecule has 2 aromatic carbocycles. The van der Waals surface area contributed by atoms with Gasteiger partial charge in [-0.3, -0.25) is 14.5 Å². The van der Waals surface area contributed by atoms with Gasteiger partial charge < -0.3 is 4.74 Å². The highest BCUT2D eigenvalue weighted by molar-refractivity contribution is 6.35. The first-order valence-electron chi connectivity index (χ1n) is 9.18. The number of benzene rings is 2. The van der Waals surface area contributed by atoms with Crippen molar-refractivity contribution >= 4 is 40.6 Å². The van der Waals surface area contributed by atoms with E-state index in [9.17, 15) is 9.59 Å². The van der Waals surface area contributed by atoms with E-state index in [4.69, 9.17) is 27.9 Å². The molecule has 1 aliphatic carbocycles. The highest BCUT2D eigenvalue weighted by atomic mass is 35.5. The lowest BCUT2D eigenvalue weighted by Gasteiger charge is -2.38. The van der Waals surface area contributed by atoms with Crippen LogP contribution >= 0.6 is 23.2 Å². The highest BCUT2D eigenvalue weighted by Gasteiger charge is 2.40. The van der Waals surface area contributed by atoms with E-state index < -0.39 is 0 Å². The second kappa shape index (κ2) is 7.61. The number of carbonyl (C=O) groups is 2. The van der Waals surface area contributed by atoms with Crippen molar-refractivity contribution in [3.63, 3.8) is 0 Å². The zero-order valence-electron chi connectivity index (χ0n) is 15.4. The van der Waals surface area contributed by atoms with E-state index >= 15 is 0 Å². The maximum Gasteiger partial charge on any atom is 0.232 e. The number of ether oxygens (including phenoxy) is 1. The number of ketones is 1. The fourth-order valence-corrected chi connectivity index (χ4v) is 4.63. The van der Waals surface area contributed by atoms with Gasteiger partial charge in [-0.1, -0.05) is 35.3 Å². The molecule has 0 radical (unpaired) electrons. The lowest BCUT2D eigenvalue weighted by atomic mass is 9.77. The number of amides is 1. The third-order valence-corrected chi connectivity index (χ3v) is 5.89. The summed E-state index contributed by atoms with van der Waals surface area (Å²) in [5.41, 5.74) is 2.95. The van der Waals surface area contributed by atoms with Crippen LogP contribution in [0.4, 0.5) is 5.69 Å². The van der Waals surface area contributed by atoms with Crippen molar-refractivity contribution in [2.45, 2.75) is 31.6 Å². The highest BCUT2D eigenvalue weighted by Crippen LogP contribution is 2.45. The SMILES string of the molecule is COc1cccc(N2C(=O)CC(c3ccc(Cl)cc3Cl)C3=C2CCCC3=O)c1. The van der Waals surface area contributed by atoms with E-state index in [2.05, 4.69) is 0 Å². The van der Waals surface area contributed by atoms with Gasteiger partial charge in [0.1, 0.15) is 5.75 Å². The van der Waals surface area contributed by atoms with Gasteiger partial charge in [-0.05, 0) is 42.7 Å². The minimum atomic E-state index is -0.345. The first kappa shape index (κ1) is 19.0. The Bertz CT molecular complexity index is 999. The molecule has 0 bridgehead atoms. The van der Waals surface area contributed by atoms with Crippen LogP contribution in [0.3, 0.4) is 0 Å². The molecule has 144 valence electrons. The van der Waals surface area contributed by atoms with Crippen molar-refractivity contribution in [1.82, 2.24) is 0 Å². The van der Waals surface area contributed by atoms with Gasteiger partial charge in [0, 0.05) is 46.1 Å². The van der Waals surface area contributed by atoms with Crippen molar-refractivity contribution in [2.24, 2.45) is 0 Å². The molecule has 0 fully saturated rings. The molecule has 0 aromatic heterocycles. The summed E-state index contributed by atoms with van der Waals surface area (Å²) in [6, 6.07) is 12.6. The van der Waals surface area contributed by atoms with Gasteiger partial charge >= 0.3 is 0 Å². The minimum absolute atomic E-state index is 0.0577. The summed E-state index contributed by atoms with van der Waals surface area (Å²) in [7, 11) is 1.59. The van der Waals surface area contributed by atoms with E-state index in [1.807, 2.05) is 30.3 Å². The maximum atomic E-state index is 13.2. The van der Waals surface area contributed by atoms with Crippen LogP contribution in [0.2, 0.25) is 10.0 Å². The molecule has 1 heterocycles. The standard InChI is InChI=1S/C22H19Cl2NO3/c1-28-15-5-2-4-14(11-15)25-19-6-3-7-20(26)22(19)17(12-21(25)27)16-9-8-13(23)10-18(16)24/h2,4-5,8-11,17H,3,6-7,12H2,1H3. The van der Waals surface area contributed by atoms with Crippen LogP contribution in [0, 0.1) is 0 Å². The van der Waals surface area contributed by atoms with Crippen molar-refractivity contribution in [3.8, 4) is 5.75 Å². The van der Waals surface area contributed by atoms with Crippen LogP contribution < -0.4 is 9.64 Å². The lowest BCUT2D eigenvalue weighted by molar-refractivity contribution is -0.119. The number of hydrogen-bond donors (Lipinski definition) is 0. The third-order valence-electron chi connectivity index (χ3n) is 5.32. The van der Waals surface area contributed by atoms with Crippen molar-refractivity contribution < 1.29 is 14.3 Å². The van der Waals surface area contributed by atoms with E-state index in [0.29, 0.717) is 39.9 Å². The Hall–Kier alpha value is -2.30. The number of halogens is 2. The second-order valence-electron chi connectivity index (χ2n) is 6.99. The second-order valence-corrected chi connectivity index (χ2v) is 7.83. The largest absolute Gasteiger partial charge is 0.497 e. The Balaban J connectivity index is 1.87. The number of hydrogen-bond acceptors (Lipinski definition) is 3. The summed E-state index contributed by atoms with van der Waals surface area (Å²) in [5, 5.41) is 1.00. The normalized spacial score (nSPS) is 19.7. The molecule has 28 heavy (non-hydrogen) atoms. The molecule has 1 aliphatic heterocycles. The van der Waals surface area contributed by atoms with E-state index in [1.165, 1.54) is 0 Å². The molecule has 1 unspecified atom stereocenters. The van der Waals surface area contributed by atoms with Gasteiger partial charge in [-0.2, -0.15) is 0 Å². The average molecular weight is 416 g/mol. The third kappa shape index (κ3) is 3.31.